The molecule has 0 aliphatic rings. The van der Waals surface area contributed by atoms with Crippen LogP contribution in [-0.2, 0) is 6.42 Å². The molecule has 0 amide bonds. The molecule has 0 bridgehead atoms. The van der Waals surface area contributed by atoms with E-state index in [2.05, 4.69) is 31.2 Å². The highest BCUT2D eigenvalue weighted by Gasteiger charge is 1.96. The van der Waals surface area contributed by atoms with Crippen LogP contribution in [-0.4, -0.2) is 0 Å². The Kier molecular flexibility index (Phi) is 5.84. The van der Waals surface area contributed by atoms with Crippen LogP contribution < -0.4 is 0 Å². The maximum Gasteiger partial charge on any atom is -0.0276 e. The fourth-order valence-corrected chi connectivity index (χ4v) is 1.82. The number of aryl methyl sites for hydroxylation is 2. The summed E-state index contributed by atoms with van der Waals surface area (Å²) in [6, 6.07) is 8.67. The highest BCUT2D eigenvalue weighted by Crippen LogP contribution is 2.12. The highest BCUT2D eigenvalue weighted by molar-refractivity contribution is 5.25. The number of allylic oxidation sites excluding steroid dienone is 1. The lowest BCUT2D eigenvalue weighted by molar-refractivity contribution is 0.645. The van der Waals surface area contributed by atoms with Gasteiger partial charge in [-0.25, -0.2) is 0 Å². The van der Waals surface area contributed by atoms with Crippen LogP contribution in [0.5, 0.6) is 0 Å². The van der Waals surface area contributed by atoms with Crippen molar-refractivity contribution in [3.63, 3.8) is 0 Å². The third kappa shape index (κ3) is 4.83. The fourth-order valence-electron chi connectivity index (χ4n) is 1.82. The molecule has 0 unspecified atom stereocenters. The van der Waals surface area contributed by atoms with Gasteiger partial charge < -0.3 is 0 Å². The molecule has 1 aromatic carbocycles. The van der Waals surface area contributed by atoms with Crippen LogP contribution >= 0.6 is 0 Å². The molecule has 0 heteroatoms. The second-order valence-corrected chi connectivity index (χ2v) is 4.12. The molecule has 0 aliphatic carbocycles. The van der Waals surface area contributed by atoms with E-state index in [1.807, 2.05) is 0 Å². The van der Waals surface area contributed by atoms with Crippen LogP contribution in [0.25, 0.3) is 0 Å². The molecular formula is C15H21. The standard InChI is InChI=1S/C15H21/c1-3-4-5-6-7-8-12-15-13-10-9-11-14(15)2/h1,3,9-11,13H,4-8,12H2,2H3. The average Bonchev–Trinajstić information content (AvgIpc) is 2.25. The molecule has 0 spiro atoms. The van der Waals surface area contributed by atoms with E-state index in [9.17, 15) is 0 Å². The van der Waals surface area contributed by atoms with Gasteiger partial charge in [-0.15, -0.1) is 0 Å². The van der Waals surface area contributed by atoms with Gasteiger partial charge in [-0.05, 0) is 43.7 Å². The van der Waals surface area contributed by atoms with Crippen molar-refractivity contribution in [2.75, 3.05) is 0 Å². The molecule has 0 saturated heterocycles. The van der Waals surface area contributed by atoms with Crippen molar-refractivity contribution in [3.8, 4) is 0 Å². The highest BCUT2D eigenvalue weighted by atomic mass is 14.0. The zero-order valence-corrected chi connectivity index (χ0v) is 9.71. The maximum absolute atomic E-state index is 5.33. The normalized spacial score (nSPS) is 10.2. The summed E-state index contributed by atoms with van der Waals surface area (Å²) in [5.74, 6) is 0. The van der Waals surface area contributed by atoms with Crippen molar-refractivity contribution in [2.24, 2.45) is 0 Å². The first-order valence-corrected chi connectivity index (χ1v) is 5.92. The summed E-state index contributed by atoms with van der Waals surface area (Å²) < 4.78 is 0. The molecule has 0 aliphatic heterocycles. The van der Waals surface area contributed by atoms with Crippen molar-refractivity contribution in [3.05, 3.63) is 48.0 Å². The summed E-state index contributed by atoms with van der Waals surface area (Å²) in [5, 5.41) is 0. The predicted molar refractivity (Wildman–Crippen MR) is 66.8 cm³/mol. The van der Waals surface area contributed by atoms with Crippen LogP contribution in [0, 0.1) is 13.5 Å². The molecule has 15 heavy (non-hydrogen) atoms. The Morgan fingerprint density at radius 2 is 1.80 bits per heavy atom. The molecule has 81 valence electrons. The monoisotopic (exact) mass is 201 g/mol. The van der Waals surface area contributed by atoms with E-state index in [1.165, 1.54) is 43.2 Å². The topological polar surface area (TPSA) is 0 Å². The first-order valence-electron chi connectivity index (χ1n) is 5.92. The summed E-state index contributed by atoms with van der Waals surface area (Å²) in [6.45, 7) is 7.52. The lowest BCUT2D eigenvalue weighted by Crippen LogP contribution is -1.89. The van der Waals surface area contributed by atoms with Crippen molar-refractivity contribution in [2.45, 2.75) is 45.4 Å². The second-order valence-electron chi connectivity index (χ2n) is 4.12. The number of hydrogen-bond donors (Lipinski definition) is 0. The van der Waals surface area contributed by atoms with Crippen LogP contribution in [0.1, 0.15) is 43.2 Å². The van der Waals surface area contributed by atoms with Crippen molar-refractivity contribution >= 4 is 0 Å². The number of unbranched alkanes of at least 4 members (excludes halogenated alkanes) is 4. The van der Waals surface area contributed by atoms with Gasteiger partial charge in [0, 0.05) is 0 Å². The summed E-state index contributed by atoms with van der Waals surface area (Å²) in [6.07, 6.45) is 9.21. The number of rotatable bonds is 7. The Morgan fingerprint density at radius 3 is 2.53 bits per heavy atom. The summed E-state index contributed by atoms with van der Waals surface area (Å²) in [4.78, 5) is 0. The Bertz CT molecular complexity index is 286. The van der Waals surface area contributed by atoms with Crippen LogP contribution in [0.4, 0.5) is 0 Å². The Balaban J connectivity index is 2.15. The van der Waals surface area contributed by atoms with E-state index in [1.54, 1.807) is 6.08 Å². The number of benzene rings is 1. The zero-order chi connectivity index (χ0) is 10.9. The van der Waals surface area contributed by atoms with E-state index in [-0.39, 0.29) is 0 Å². The maximum atomic E-state index is 5.33. The second kappa shape index (κ2) is 7.28. The number of hydrogen-bond acceptors (Lipinski definition) is 0. The van der Waals surface area contributed by atoms with E-state index in [4.69, 9.17) is 6.58 Å². The van der Waals surface area contributed by atoms with Gasteiger partial charge in [0.15, 0.2) is 0 Å². The van der Waals surface area contributed by atoms with Crippen LogP contribution in [0.2, 0.25) is 0 Å². The third-order valence-electron chi connectivity index (χ3n) is 2.83. The SMILES string of the molecule is [CH]=CCCCCCCc1ccccc1C. The smallest absolute Gasteiger partial charge is 0.0276 e. The van der Waals surface area contributed by atoms with Gasteiger partial charge in [-0.3, -0.25) is 0 Å². The van der Waals surface area contributed by atoms with Crippen LogP contribution in [0.15, 0.2) is 30.3 Å². The predicted octanol–water partition coefficient (Wildman–Crippen LogP) is 4.48. The first kappa shape index (κ1) is 12.0. The fraction of sp³-hybridized carbons (Fsp3) is 0.467. The van der Waals surface area contributed by atoms with Crippen molar-refractivity contribution < 1.29 is 0 Å². The van der Waals surface area contributed by atoms with Gasteiger partial charge in [-0.2, -0.15) is 0 Å². The van der Waals surface area contributed by atoms with Gasteiger partial charge in [-0.1, -0.05) is 49.8 Å². The summed E-state index contributed by atoms with van der Waals surface area (Å²) in [7, 11) is 0. The molecular weight excluding hydrogens is 180 g/mol. The third-order valence-corrected chi connectivity index (χ3v) is 2.83. The van der Waals surface area contributed by atoms with Gasteiger partial charge >= 0.3 is 0 Å². The molecule has 1 aromatic rings. The molecule has 1 radical (unpaired) electrons. The molecule has 0 N–H and O–H groups in total. The minimum absolute atomic E-state index is 1.06. The van der Waals surface area contributed by atoms with Crippen molar-refractivity contribution in [1.82, 2.24) is 0 Å². The van der Waals surface area contributed by atoms with E-state index in [0.29, 0.717) is 0 Å². The molecule has 0 aromatic heterocycles. The van der Waals surface area contributed by atoms with Gasteiger partial charge in [0.05, 0.1) is 0 Å². The van der Waals surface area contributed by atoms with Crippen molar-refractivity contribution in [1.29, 1.82) is 0 Å². The lowest BCUT2D eigenvalue weighted by Gasteiger charge is -2.04. The largest absolute Gasteiger partial charge is 0.0845 e. The Hall–Kier alpha value is -1.04. The molecule has 0 heterocycles. The van der Waals surface area contributed by atoms with E-state index in [0.717, 1.165) is 6.42 Å². The minimum atomic E-state index is 1.06. The quantitative estimate of drug-likeness (QED) is 0.571. The van der Waals surface area contributed by atoms with Gasteiger partial charge in [0.1, 0.15) is 0 Å². The van der Waals surface area contributed by atoms with Gasteiger partial charge in [0.2, 0.25) is 0 Å². The zero-order valence-electron chi connectivity index (χ0n) is 9.71. The lowest BCUT2D eigenvalue weighted by atomic mass is 10.0. The molecule has 0 fully saturated rings. The Morgan fingerprint density at radius 1 is 1.07 bits per heavy atom. The Labute approximate surface area is 94.0 Å². The summed E-state index contributed by atoms with van der Waals surface area (Å²) in [5.41, 5.74) is 2.93. The molecule has 0 saturated carbocycles. The summed E-state index contributed by atoms with van der Waals surface area (Å²) >= 11 is 0. The first-order chi connectivity index (χ1) is 7.34. The molecule has 0 nitrogen and oxygen atoms in total. The minimum Gasteiger partial charge on any atom is -0.0845 e. The van der Waals surface area contributed by atoms with E-state index >= 15 is 0 Å². The average molecular weight is 201 g/mol. The van der Waals surface area contributed by atoms with Crippen LogP contribution in [0.3, 0.4) is 0 Å². The molecule has 1 rings (SSSR count). The van der Waals surface area contributed by atoms with Gasteiger partial charge in [0.25, 0.3) is 0 Å². The van der Waals surface area contributed by atoms with E-state index < -0.39 is 0 Å². The molecule has 0 atom stereocenters.